The lowest BCUT2D eigenvalue weighted by Gasteiger charge is -2.35. The standard InChI is InChI=1S/C22H33N5O3/c1-18-7-6-8-19(15-18)24-22(30)23-16-20(28)27-13-11-25(12-14-27)17-21(29)26-9-4-2-3-5-10-26/h6-8,15H,2-5,9-14,16-17H2,1H3,(H2,23,24,30). The Morgan fingerprint density at radius 1 is 0.867 bits per heavy atom. The lowest BCUT2D eigenvalue weighted by molar-refractivity contribution is -0.134. The fourth-order valence-electron chi connectivity index (χ4n) is 3.93. The number of rotatable bonds is 5. The molecule has 0 unspecified atom stereocenters. The van der Waals surface area contributed by atoms with Crippen molar-refractivity contribution in [3.8, 4) is 0 Å². The zero-order chi connectivity index (χ0) is 21.3. The summed E-state index contributed by atoms with van der Waals surface area (Å²) in [7, 11) is 0. The Morgan fingerprint density at radius 2 is 1.53 bits per heavy atom. The molecule has 2 aliphatic rings. The second-order valence-corrected chi connectivity index (χ2v) is 8.13. The smallest absolute Gasteiger partial charge is 0.319 e. The summed E-state index contributed by atoms with van der Waals surface area (Å²) in [6, 6.07) is 7.10. The predicted molar refractivity (Wildman–Crippen MR) is 116 cm³/mol. The Kier molecular flexibility index (Phi) is 8.07. The number of nitrogens with zero attached hydrogens (tertiary/aromatic N) is 3. The summed E-state index contributed by atoms with van der Waals surface area (Å²) in [5.41, 5.74) is 1.75. The Hall–Kier alpha value is -2.61. The zero-order valence-electron chi connectivity index (χ0n) is 17.9. The number of amides is 4. The van der Waals surface area contributed by atoms with Gasteiger partial charge in [0, 0.05) is 45.0 Å². The van der Waals surface area contributed by atoms with Crippen LogP contribution in [0.2, 0.25) is 0 Å². The van der Waals surface area contributed by atoms with E-state index in [1.807, 2.05) is 30.0 Å². The minimum absolute atomic E-state index is 0.0373. The molecular weight excluding hydrogens is 382 g/mol. The molecule has 2 N–H and O–H groups in total. The van der Waals surface area contributed by atoms with Gasteiger partial charge in [0.25, 0.3) is 0 Å². The molecular formula is C22H33N5O3. The number of aryl methyl sites for hydroxylation is 1. The van der Waals surface area contributed by atoms with Crippen LogP contribution in [0.15, 0.2) is 24.3 Å². The number of nitrogens with one attached hydrogen (secondary N) is 2. The van der Waals surface area contributed by atoms with Crippen molar-refractivity contribution >= 4 is 23.5 Å². The van der Waals surface area contributed by atoms with Gasteiger partial charge in [-0.1, -0.05) is 25.0 Å². The molecule has 1 aromatic rings. The lowest BCUT2D eigenvalue weighted by Crippen LogP contribution is -2.53. The van der Waals surface area contributed by atoms with Gasteiger partial charge in [0.1, 0.15) is 0 Å². The number of carbonyl (C=O) groups is 3. The van der Waals surface area contributed by atoms with Gasteiger partial charge in [-0.15, -0.1) is 0 Å². The number of likely N-dealkylation sites (tertiary alicyclic amines) is 1. The van der Waals surface area contributed by atoms with Gasteiger partial charge >= 0.3 is 6.03 Å². The summed E-state index contributed by atoms with van der Waals surface area (Å²) < 4.78 is 0. The van der Waals surface area contributed by atoms with Crippen molar-refractivity contribution in [2.24, 2.45) is 0 Å². The fraction of sp³-hybridized carbons (Fsp3) is 0.591. The van der Waals surface area contributed by atoms with Gasteiger partial charge in [0.2, 0.25) is 11.8 Å². The van der Waals surface area contributed by atoms with E-state index in [-0.39, 0.29) is 18.4 Å². The minimum atomic E-state index is -0.393. The molecule has 4 amide bonds. The number of carbonyl (C=O) groups excluding carboxylic acids is 3. The number of piperazine rings is 1. The van der Waals surface area contributed by atoms with Gasteiger partial charge in [-0.3, -0.25) is 14.5 Å². The van der Waals surface area contributed by atoms with E-state index in [4.69, 9.17) is 0 Å². The van der Waals surface area contributed by atoms with Crippen LogP contribution in [-0.4, -0.2) is 84.9 Å². The summed E-state index contributed by atoms with van der Waals surface area (Å²) >= 11 is 0. The van der Waals surface area contributed by atoms with Crippen LogP contribution in [0.3, 0.4) is 0 Å². The molecule has 2 fully saturated rings. The van der Waals surface area contributed by atoms with Crippen molar-refractivity contribution in [1.82, 2.24) is 20.0 Å². The molecule has 0 aromatic heterocycles. The number of anilines is 1. The molecule has 2 heterocycles. The van der Waals surface area contributed by atoms with E-state index in [0.29, 0.717) is 38.4 Å². The van der Waals surface area contributed by atoms with E-state index >= 15 is 0 Å². The summed E-state index contributed by atoms with van der Waals surface area (Å²) in [6.45, 7) is 6.60. The van der Waals surface area contributed by atoms with Crippen molar-refractivity contribution in [1.29, 1.82) is 0 Å². The molecule has 2 aliphatic heterocycles. The highest BCUT2D eigenvalue weighted by Gasteiger charge is 2.24. The normalized spacial score (nSPS) is 17.9. The first-order valence-corrected chi connectivity index (χ1v) is 10.9. The monoisotopic (exact) mass is 415 g/mol. The molecule has 1 aromatic carbocycles. The van der Waals surface area contributed by atoms with Crippen molar-refractivity contribution in [2.45, 2.75) is 32.6 Å². The Morgan fingerprint density at radius 3 is 2.20 bits per heavy atom. The van der Waals surface area contributed by atoms with Gasteiger partial charge in [-0.2, -0.15) is 0 Å². The van der Waals surface area contributed by atoms with Crippen LogP contribution in [0.1, 0.15) is 31.2 Å². The first kappa shape index (κ1) is 22.1. The number of urea groups is 1. The van der Waals surface area contributed by atoms with Gasteiger partial charge in [0.05, 0.1) is 13.1 Å². The van der Waals surface area contributed by atoms with E-state index in [1.165, 1.54) is 12.8 Å². The third-order valence-electron chi connectivity index (χ3n) is 5.72. The Labute approximate surface area is 178 Å². The number of hydrogen-bond donors (Lipinski definition) is 2. The third-order valence-corrected chi connectivity index (χ3v) is 5.72. The average molecular weight is 416 g/mol. The topological polar surface area (TPSA) is 85.0 Å². The fourth-order valence-corrected chi connectivity index (χ4v) is 3.93. The van der Waals surface area contributed by atoms with Crippen molar-refractivity contribution < 1.29 is 14.4 Å². The zero-order valence-corrected chi connectivity index (χ0v) is 17.9. The molecule has 0 atom stereocenters. The Balaban J connectivity index is 1.35. The summed E-state index contributed by atoms with van der Waals surface area (Å²) in [4.78, 5) is 42.8. The summed E-state index contributed by atoms with van der Waals surface area (Å²) in [5.74, 6) is 0.0963. The molecule has 0 saturated carbocycles. The van der Waals surface area contributed by atoms with Gasteiger partial charge < -0.3 is 20.4 Å². The van der Waals surface area contributed by atoms with Gasteiger partial charge in [-0.25, -0.2) is 4.79 Å². The van der Waals surface area contributed by atoms with Gasteiger partial charge in [0.15, 0.2) is 0 Å². The second-order valence-electron chi connectivity index (χ2n) is 8.13. The van der Waals surface area contributed by atoms with Crippen LogP contribution in [0.4, 0.5) is 10.5 Å². The van der Waals surface area contributed by atoms with E-state index < -0.39 is 6.03 Å². The number of hydrogen-bond acceptors (Lipinski definition) is 4. The highest BCUT2D eigenvalue weighted by atomic mass is 16.2. The molecule has 0 bridgehead atoms. The average Bonchev–Trinajstić information content (AvgIpc) is 3.02. The van der Waals surface area contributed by atoms with Crippen LogP contribution < -0.4 is 10.6 Å². The lowest BCUT2D eigenvalue weighted by atomic mass is 10.2. The minimum Gasteiger partial charge on any atom is -0.342 e. The SMILES string of the molecule is Cc1cccc(NC(=O)NCC(=O)N2CCN(CC(=O)N3CCCCCC3)CC2)c1. The molecule has 164 valence electrons. The maximum absolute atomic E-state index is 12.5. The van der Waals surface area contributed by atoms with Crippen LogP contribution in [0.5, 0.6) is 0 Å². The first-order chi connectivity index (χ1) is 14.5. The molecule has 8 heteroatoms. The van der Waals surface area contributed by atoms with Crippen molar-refractivity contribution in [3.63, 3.8) is 0 Å². The maximum Gasteiger partial charge on any atom is 0.319 e. The quantitative estimate of drug-likeness (QED) is 0.766. The van der Waals surface area contributed by atoms with E-state index in [9.17, 15) is 14.4 Å². The maximum atomic E-state index is 12.5. The third kappa shape index (κ3) is 6.73. The predicted octanol–water partition coefficient (Wildman–Crippen LogP) is 1.66. The second kappa shape index (κ2) is 11.0. The first-order valence-electron chi connectivity index (χ1n) is 10.9. The molecule has 3 rings (SSSR count). The molecule has 0 aliphatic carbocycles. The van der Waals surface area contributed by atoms with Gasteiger partial charge in [-0.05, 0) is 37.5 Å². The van der Waals surface area contributed by atoms with E-state index in [1.54, 1.807) is 11.0 Å². The Bertz CT molecular complexity index is 738. The van der Waals surface area contributed by atoms with Crippen LogP contribution in [0.25, 0.3) is 0 Å². The molecule has 0 spiro atoms. The summed E-state index contributed by atoms with van der Waals surface area (Å²) in [6.07, 6.45) is 4.61. The summed E-state index contributed by atoms with van der Waals surface area (Å²) in [5, 5.41) is 5.36. The number of benzene rings is 1. The highest BCUT2D eigenvalue weighted by Crippen LogP contribution is 2.11. The van der Waals surface area contributed by atoms with Crippen LogP contribution in [-0.2, 0) is 9.59 Å². The molecule has 0 radical (unpaired) electrons. The van der Waals surface area contributed by atoms with E-state index in [2.05, 4.69) is 15.5 Å². The molecule has 30 heavy (non-hydrogen) atoms. The van der Waals surface area contributed by atoms with Crippen LogP contribution >= 0.6 is 0 Å². The molecule has 8 nitrogen and oxygen atoms in total. The highest BCUT2D eigenvalue weighted by molar-refractivity contribution is 5.92. The van der Waals surface area contributed by atoms with Crippen molar-refractivity contribution in [2.75, 3.05) is 57.7 Å². The largest absolute Gasteiger partial charge is 0.342 e. The molecule has 2 saturated heterocycles. The van der Waals surface area contributed by atoms with E-state index in [0.717, 1.165) is 31.5 Å². The van der Waals surface area contributed by atoms with Crippen molar-refractivity contribution in [3.05, 3.63) is 29.8 Å². The van der Waals surface area contributed by atoms with Crippen LogP contribution in [0, 0.1) is 6.92 Å².